The van der Waals surface area contributed by atoms with E-state index in [4.69, 9.17) is 0 Å². The molecule has 6 nitrogen and oxygen atoms in total. The molecule has 0 spiro atoms. The Morgan fingerprint density at radius 2 is 1.67 bits per heavy atom. The molecule has 0 bridgehead atoms. The maximum atomic E-state index is 13.6. The Morgan fingerprint density at radius 1 is 0.949 bits per heavy atom. The first-order valence-electron chi connectivity index (χ1n) is 14.5. The summed E-state index contributed by atoms with van der Waals surface area (Å²) >= 11 is 0. The number of fused-ring (bicyclic) bond motifs is 1. The molecule has 2 aliphatic rings. The van der Waals surface area contributed by atoms with Gasteiger partial charge in [-0.25, -0.2) is 8.42 Å². The van der Waals surface area contributed by atoms with Crippen molar-refractivity contribution in [1.29, 1.82) is 0 Å². The number of rotatable bonds is 7. The fourth-order valence-corrected chi connectivity index (χ4v) is 7.41. The molecule has 214 valence electrons. The van der Waals surface area contributed by atoms with Gasteiger partial charge in [0.05, 0.1) is 10.9 Å². The van der Waals surface area contributed by atoms with E-state index in [0.717, 1.165) is 44.2 Å². The van der Waals surface area contributed by atoms with E-state index in [2.05, 4.69) is 70.4 Å². The van der Waals surface area contributed by atoms with Crippen molar-refractivity contribution in [3.05, 3.63) is 64.7 Å². The number of sulfonamides is 1. The second-order valence-corrected chi connectivity index (χ2v) is 15.3. The summed E-state index contributed by atoms with van der Waals surface area (Å²) in [4.78, 5) is 13.6. The minimum absolute atomic E-state index is 0.0236. The van der Waals surface area contributed by atoms with Crippen molar-refractivity contribution < 1.29 is 13.2 Å². The Bertz CT molecular complexity index is 1260. The van der Waals surface area contributed by atoms with E-state index in [0.29, 0.717) is 17.9 Å². The number of amides is 1. The first kappa shape index (κ1) is 29.8. The van der Waals surface area contributed by atoms with Crippen LogP contribution >= 0.6 is 0 Å². The highest BCUT2D eigenvalue weighted by Gasteiger charge is 2.35. The van der Waals surface area contributed by atoms with Crippen LogP contribution in [0, 0.1) is 0 Å². The number of piperidine rings is 1. The van der Waals surface area contributed by atoms with Crippen molar-refractivity contribution >= 4 is 15.9 Å². The van der Waals surface area contributed by atoms with E-state index >= 15 is 0 Å². The van der Waals surface area contributed by atoms with E-state index in [1.165, 1.54) is 16.7 Å². The number of nitrogens with one attached hydrogen (secondary N) is 2. The zero-order valence-electron chi connectivity index (χ0n) is 24.6. The second kappa shape index (κ2) is 11.7. The van der Waals surface area contributed by atoms with Crippen LogP contribution in [0.25, 0.3) is 0 Å². The summed E-state index contributed by atoms with van der Waals surface area (Å²) in [6.45, 7) is 14.1. The summed E-state index contributed by atoms with van der Waals surface area (Å²) < 4.78 is 28.8. The number of carbonyl (C=O) groups is 1. The van der Waals surface area contributed by atoms with Gasteiger partial charge in [-0.3, -0.25) is 4.79 Å². The van der Waals surface area contributed by atoms with Crippen LogP contribution in [0.2, 0.25) is 0 Å². The van der Waals surface area contributed by atoms with Crippen LogP contribution in [0.4, 0.5) is 0 Å². The number of hydrogen-bond acceptors (Lipinski definition) is 4. The molecule has 7 heteroatoms. The van der Waals surface area contributed by atoms with Gasteiger partial charge in [-0.15, -0.1) is 0 Å². The number of aryl methyl sites for hydroxylation is 1. The summed E-state index contributed by atoms with van der Waals surface area (Å²) in [7, 11) is -3.67. The van der Waals surface area contributed by atoms with Gasteiger partial charge in [0, 0.05) is 31.1 Å². The summed E-state index contributed by atoms with van der Waals surface area (Å²) in [5, 5.41) is 6.81. The van der Waals surface area contributed by atoms with Crippen LogP contribution < -0.4 is 10.6 Å². The molecular weight excluding hydrogens is 506 g/mol. The standard InChI is InChI=1S/C32H47N3O3S/c1-31(2,3)25-14-16-27(17-15-25)39(37,38)35-19-8-7-11-26(35)21-30(36)34-29-12-9-10-24-20-23(13-18-28(24)29)22-33-32(4,5)6/h13-18,20,26,29,33H,7-12,19,21-22H2,1-6H3,(H,34,36)/t26-,29+/m0/s1. The lowest BCUT2D eigenvalue weighted by atomic mass is 9.86. The van der Waals surface area contributed by atoms with Crippen molar-refractivity contribution in [2.45, 2.75) is 121 Å². The molecule has 2 atom stereocenters. The third-order valence-electron chi connectivity index (χ3n) is 8.00. The fraction of sp³-hybridized carbons (Fsp3) is 0.594. The van der Waals surface area contributed by atoms with E-state index in [1.54, 1.807) is 16.4 Å². The number of nitrogens with zero attached hydrogens (tertiary/aromatic N) is 1. The predicted molar refractivity (Wildman–Crippen MR) is 158 cm³/mol. The predicted octanol–water partition coefficient (Wildman–Crippen LogP) is 6.00. The third-order valence-corrected chi connectivity index (χ3v) is 9.97. The van der Waals surface area contributed by atoms with Gasteiger partial charge in [-0.2, -0.15) is 4.31 Å². The molecule has 1 aliphatic heterocycles. The van der Waals surface area contributed by atoms with Crippen LogP contribution in [0.15, 0.2) is 47.4 Å². The van der Waals surface area contributed by atoms with Crippen molar-refractivity contribution in [2.75, 3.05) is 6.54 Å². The Morgan fingerprint density at radius 3 is 2.33 bits per heavy atom. The Kier molecular flexibility index (Phi) is 8.94. The minimum Gasteiger partial charge on any atom is -0.349 e. The number of carbonyl (C=O) groups excluding carboxylic acids is 1. The molecule has 1 saturated heterocycles. The molecule has 2 N–H and O–H groups in total. The highest BCUT2D eigenvalue weighted by molar-refractivity contribution is 7.89. The van der Waals surface area contributed by atoms with Gasteiger partial charge in [-0.05, 0) is 92.7 Å². The summed E-state index contributed by atoms with van der Waals surface area (Å²) in [5.74, 6) is -0.0680. The van der Waals surface area contributed by atoms with Crippen LogP contribution in [-0.2, 0) is 33.2 Å². The average Bonchev–Trinajstić information content (AvgIpc) is 2.87. The van der Waals surface area contributed by atoms with Gasteiger partial charge in [0.1, 0.15) is 0 Å². The second-order valence-electron chi connectivity index (χ2n) is 13.4. The van der Waals surface area contributed by atoms with Crippen molar-refractivity contribution in [3.8, 4) is 0 Å². The zero-order valence-corrected chi connectivity index (χ0v) is 25.5. The van der Waals surface area contributed by atoms with Crippen LogP contribution in [-0.4, -0.2) is 36.8 Å². The summed E-state index contributed by atoms with van der Waals surface area (Å²) in [6, 6.07) is 13.5. The molecule has 0 aromatic heterocycles. The first-order valence-corrected chi connectivity index (χ1v) is 16.0. The average molecular weight is 554 g/mol. The molecular formula is C32H47N3O3S. The molecule has 2 aromatic carbocycles. The molecule has 0 unspecified atom stereocenters. The van der Waals surface area contributed by atoms with Gasteiger partial charge in [0.15, 0.2) is 0 Å². The molecule has 1 heterocycles. The van der Waals surface area contributed by atoms with Crippen molar-refractivity contribution in [1.82, 2.24) is 14.9 Å². The fourth-order valence-electron chi connectivity index (χ4n) is 5.72. The normalized spacial score (nSPS) is 20.9. The van der Waals surface area contributed by atoms with Crippen LogP contribution in [0.3, 0.4) is 0 Å². The largest absolute Gasteiger partial charge is 0.349 e. The summed E-state index contributed by atoms with van der Waals surface area (Å²) in [6.07, 6.45) is 5.61. The van der Waals surface area contributed by atoms with E-state index in [-0.39, 0.29) is 35.4 Å². The molecule has 0 saturated carbocycles. The summed E-state index contributed by atoms with van der Waals surface area (Å²) in [5.41, 5.74) is 4.87. The van der Waals surface area contributed by atoms with Crippen molar-refractivity contribution in [2.24, 2.45) is 0 Å². The van der Waals surface area contributed by atoms with Gasteiger partial charge in [0.2, 0.25) is 15.9 Å². The topological polar surface area (TPSA) is 78.5 Å². The van der Waals surface area contributed by atoms with Gasteiger partial charge >= 0.3 is 0 Å². The number of hydrogen-bond donors (Lipinski definition) is 2. The van der Waals surface area contributed by atoms with Crippen molar-refractivity contribution in [3.63, 3.8) is 0 Å². The van der Waals surface area contributed by atoms with Gasteiger partial charge < -0.3 is 10.6 Å². The minimum atomic E-state index is -3.67. The molecule has 39 heavy (non-hydrogen) atoms. The highest BCUT2D eigenvalue weighted by atomic mass is 32.2. The Balaban J connectivity index is 1.44. The first-order chi connectivity index (χ1) is 18.2. The Hall–Kier alpha value is -2.22. The maximum absolute atomic E-state index is 13.6. The molecule has 1 aliphatic carbocycles. The smallest absolute Gasteiger partial charge is 0.243 e. The molecule has 2 aromatic rings. The SMILES string of the molecule is CC(C)(C)NCc1ccc2c(c1)CCC[C@H]2NC(=O)C[C@@H]1CCCCN1S(=O)(=O)c1ccc(C(C)(C)C)cc1. The number of benzene rings is 2. The lowest BCUT2D eigenvalue weighted by molar-refractivity contribution is -0.123. The Labute approximate surface area is 236 Å². The van der Waals surface area contributed by atoms with Crippen LogP contribution in [0.1, 0.15) is 108 Å². The molecule has 4 rings (SSSR count). The lowest BCUT2D eigenvalue weighted by Crippen LogP contribution is -2.46. The molecule has 1 amide bonds. The monoisotopic (exact) mass is 553 g/mol. The maximum Gasteiger partial charge on any atom is 0.243 e. The zero-order chi connectivity index (χ0) is 28.4. The molecule has 0 radical (unpaired) electrons. The van der Waals surface area contributed by atoms with E-state index in [1.807, 2.05) is 12.1 Å². The van der Waals surface area contributed by atoms with Gasteiger partial charge in [-0.1, -0.05) is 57.5 Å². The lowest BCUT2D eigenvalue weighted by Gasteiger charge is -2.35. The quantitative estimate of drug-likeness (QED) is 0.441. The van der Waals surface area contributed by atoms with Crippen LogP contribution in [0.5, 0.6) is 0 Å². The van der Waals surface area contributed by atoms with E-state index in [9.17, 15) is 13.2 Å². The third kappa shape index (κ3) is 7.50. The van der Waals surface area contributed by atoms with Gasteiger partial charge in [0.25, 0.3) is 0 Å². The molecule has 1 fully saturated rings. The van der Waals surface area contributed by atoms with E-state index < -0.39 is 10.0 Å². The highest BCUT2D eigenvalue weighted by Crippen LogP contribution is 2.32.